The van der Waals surface area contributed by atoms with Crippen molar-refractivity contribution in [2.45, 2.75) is 31.2 Å². The second-order valence-corrected chi connectivity index (χ2v) is 7.67. The summed E-state index contributed by atoms with van der Waals surface area (Å²) in [5.41, 5.74) is 1.89. The molecule has 134 valence electrons. The van der Waals surface area contributed by atoms with Gasteiger partial charge in [0.2, 0.25) is 10.0 Å². The normalized spacial score (nSPS) is 11.5. The van der Waals surface area contributed by atoms with Gasteiger partial charge in [0.15, 0.2) is 0 Å². The van der Waals surface area contributed by atoms with E-state index in [9.17, 15) is 13.2 Å². The van der Waals surface area contributed by atoms with Crippen LogP contribution in [0.3, 0.4) is 0 Å². The quantitative estimate of drug-likeness (QED) is 0.678. The molecule has 2 aromatic rings. The van der Waals surface area contributed by atoms with E-state index < -0.39 is 16.0 Å². The van der Waals surface area contributed by atoms with Crippen LogP contribution in [-0.2, 0) is 32.5 Å². The third-order valence-electron chi connectivity index (χ3n) is 3.83. The van der Waals surface area contributed by atoms with Crippen LogP contribution >= 0.6 is 0 Å². The fourth-order valence-corrected chi connectivity index (χ4v) is 3.86. The molecule has 0 unspecified atom stereocenters. The highest BCUT2D eigenvalue weighted by Crippen LogP contribution is 2.19. The van der Waals surface area contributed by atoms with Crippen molar-refractivity contribution in [1.82, 2.24) is 4.31 Å². The minimum atomic E-state index is -3.80. The zero-order valence-corrected chi connectivity index (χ0v) is 15.3. The van der Waals surface area contributed by atoms with Crippen LogP contribution in [0.4, 0.5) is 0 Å². The van der Waals surface area contributed by atoms with Gasteiger partial charge in [-0.1, -0.05) is 55.8 Å². The number of sulfonamides is 1. The molecule has 0 saturated heterocycles. The van der Waals surface area contributed by atoms with Gasteiger partial charge in [-0.2, -0.15) is 4.31 Å². The van der Waals surface area contributed by atoms with E-state index in [2.05, 4.69) is 11.7 Å². The van der Waals surface area contributed by atoms with Gasteiger partial charge in [-0.3, -0.25) is 4.79 Å². The molecule has 0 saturated carbocycles. The van der Waals surface area contributed by atoms with Crippen molar-refractivity contribution < 1.29 is 17.9 Å². The van der Waals surface area contributed by atoms with Gasteiger partial charge < -0.3 is 4.74 Å². The predicted molar refractivity (Wildman–Crippen MR) is 96.5 cm³/mol. The number of carbonyl (C=O) groups excluding carboxylic acids is 1. The Bertz CT molecular complexity index is 786. The maximum absolute atomic E-state index is 13.0. The third kappa shape index (κ3) is 5.14. The lowest BCUT2D eigenvalue weighted by molar-refractivity contribution is -0.140. The number of methoxy groups -OCH3 is 1. The SMILES string of the molecule is CCCc1ccc(S(=O)(=O)N(CC(=O)OC)Cc2ccccc2)cc1. The number of aryl methyl sites for hydroxylation is 1. The average Bonchev–Trinajstić information content (AvgIpc) is 2.62. The van der Waals surface area contributed by atoms with E-state index in [-0.39, 0.29) is 18.0 Å². The van der Waals surface area contributed by atoms with Crippen LogP contribution in [0.5, 0.6) is 0 Å². The Hall–Kier alpha value is -2.18. The van der Waals surface area contributed by atoms with Crippen molar-refractivity contribution in [2.24, 2.45) is 0 Å². The summed E-state index contributed by atoms with van der Waals surface area (Å²) in [7, 11) is -2.56. The molecule has 0 atom stereocenters. The van der Waals surface area contributed by atoms with E-state index in [0.29, 0.717) is 0 Å². The number of rotatable bonds is 8. The number of esters is 1. The summed E-state index contributed by atoms with van der Waals surface area (Å²) in [5.74, 6) is -0.595. The van der Waals surface area contributed by atoms with Crippen molar-refractivity contribution >= 4 is 16.0 Å². The minimum absolute atomic E-state index is 0.106. The van der Waals surface area contributed by atoms with Crippen molar-refractivity contribution in [3.63, 3.8) is 0 Å². The molecule has 0 spiro atoms. The molecule has 0 bridgehead atoms. The van der Waals surface area contributed by atoms with Gasteiger partial charge in [-0.15, -0.1) is 0 Å². The first-order valence-electron chi connectivity index (χ1n) is 8.17. The molecule has 0 amide bonds. The van der Waals surface area contributed by atoms with Crippen LogP contribution in [0.2, 0.25) is 0 Å². The Morgan fingerprint density at radius 1 is 1.00 bits per heavy atom. The lowest BCUT2D eigenvalue weighted by atomic mass is 10.1. The summed E-state index contributed by atoms with van der Waals surface area (Å²) < 4.78 is 31.7. The summed E-state index contributed by atoms with van der Waals surface area (Å²) in [6.45, 7) is 1.85. The molecule has 0 aliphatic rings. The summed E-state index contributed by atoms with van der Waals surface area (Å²) >= 11 is 0. The molecule has 0 aromatic heterocycles. The van der Waals surface area contributed by atoms with Crippen molar-refractivity contribution in [2.75, 3.05) is 13.7 Å². The highest BCUT2D eigenvalue weighted by Gasteiger charge is 2.27. The fourth-order valence-electron chi connectivity index (χ4n) is 2.49. The number of nitrogens with zero attached hydrogens (tertiary/aromatic N) is 1. The van der Waals surface area contributed by atoms with Crippen LogP contribution in [0.25, 0.3) is 0 Å². The molecular weight excluding hydrogens is 338 g/mol. The van der Waals surface area contributed by atoms with Crippen LogP contribution in [0.1, 0.15) is 24.5 Å². The zero-order valence-electron chi connectivity index (χ0n) is 14.5. The summed E-state index contributed by atoms with van der Waals surface area (Å²) in [6, 6.07) is 16.0. The third-order valence-corrected chi connectivity index (χ3v) is 5.64. The van der Waals surface area contributed by atoms with E-state index >= 15 is 0 Å². The van der Waals surface area contributed by atoms with Gasteiger partial charge in [0.1, 0.15) is 6.54 Å². The predicted octanol–water partition coefficient (Wildman–Crippen LogP) is 3.00. The zero-order chi connectivity index (χ0) is 18.3. The average molecular weight is 361 g/mol. The molecule has 5 nitrogen and oxygen atoms in total. The summed E-state index contributed by atoms with van der Waals surface area (Å²) in [6.07, 6.45) is 1.89. The molecule has 2 aromatic carbocycles. The first-order valence-corrected chi connectivity index (χ1v) is 9.61. The molecule has 6 heteroatoms. The number of benzene rings is 2. The van der Waals surface area contributed by atoms with Gasteiger partial charge in [-0.05, 0) is 29.7 Å². The number of hydrogen-bond donors (Lipinski definition) is 0. The fraction of sp³-hybridized carbons (Fsp3) is 0.316. The standard InChI is InChI=1S/C19H23NO4S/c1-3-7-16-10-12-18(13-11-16)25(22,23)20(15-19(21)24-2)14-17-8-5-4-6-9-17/h4-6,8-13H,3,7,14-15H2,1-2H3. The highest BCUT2D eigenvalue weighted by molar-refractivity contribution is 7.89. The van der Waals surface area contributed by atoms with Crippen molar-refractivity contribution in [1.29, 1.82) is 0 Å². The summed E-state index contributed by atoms with van der Waals surface area (Å²) in [4.78, 5) is 11.9. The lowest BCUT2D eigenvalue weighted by Gasteiger charge is -2.21. The van der Waals surface area contributed by atoms with E-state index in [0.717, 1.165) is 28.3 Å². The molecule has 0 radical (unpaired) electrons. The van der Waals surface area contributed by atoms with Crippen molar-refractivity contribution in [3.8, 4) is 0 Å². The number of carbonyl (C=O) groups is 1. The first-order chi connectivity index (χ1) is 12.0. The topological polar surface area (TPSA) is 63.7 Å². The van der Waals surface area contributed by atoms with Crippen LogP contribution in [0, 0.1) is 0 Å². The highest BCUT2D eigenvalue weighted by atomic mass is 32.2. The van der Waals surface area contributed by atoms with E-state index in [1.165, 1.54) is 7.11 Å². The Morgan fingerprint density at radius 2 is 1.64 bits per heavy atom. The van der Waals surface area contributed by atoms with E-state index in [1.54, 1.807) is 12.1 Å². The Kier molecular flexibility index (Phi) is 6.73. The van der Waals surface area contributed by atoms with Crippen molar-refractivity contribution in [3.05, 3.63) is 65.7 Å². The van der Waals surface area contributed by atoms with E-state index in [1.807, 2.05) is 42.5 Å². The smallest absolute Gasteiger partial charge is 0.321 e. The molecule has 2 rings (SSSR count). The lowest BCUT2D eigenvalue weighted by Crippen LogP contribution is -2.35. The van der Waals surface area contributed by atoms with E-state index in [4.69, 9.17) is 0 Å². The largest absolute Gasteiger partial charge is 0.468 e. The maximum Gasteiger partial charge on any atom is 0.321 e. The van der Waals surface area contributed by atoms with Crippen LogP contribution in [-0.4, -0.2) is 32.3 Å². The van der Waals surface area contributed by atoms with Crippen LogP contribution in [0.15, 0.2) is 59.5 Å². The molecule has 0 aliphatic carbocycles. The Labute approximate surface area is 149 Å². The van der Waals surface area contributed by atoms with Gasteiger partial charge >= 0.3 is 5.97 Å². The van der Waals surface area contributed by atoms with Gasteiger partial charge in [0.05, 0.1) is 12.0 Å². The number of ether oxygens (including phenoxy) is 1. The molecule has 0 fully saturated rings. The summed E-state index contributed by atoms with van der Waals surface area (Å²) in [5, 5.41) is 0. The molecule has 0 aliphatic heterocycles. The second kappa shape index (κ2) is 8.78. The molecule has 25 heavy (non-hydrogen) atoms. The van der Waals surface area contributed by atoms with Gasteiger partial charge in [0.25, 0.3) is 0 Å². The monoisotopic (exact) mass is 361 g/mol. The van der Waals surface area contributed by atoms with Gasteiger partial charge in [-0.25, -0.2) is 8.42 Å². The first kappa shape index (κ1) is 19.1. The minimum Gasteiger partial charge on any atom is -0.468 e. The maximum atomic E-state index is 13.0. The number of hydrogen-bond acceptors (Lipinski definition) is 4. The molecule has 0 heterocycles. The van der Waals surface area contributed by atoms with Crippen LogP contribution < -0.4 is 0 Å². The molecule has 0 N–H and O–H groups in total. The Balaban J connectivity index is 2.31. The van der Waals surface area contributed by atoms with Gasteiger partial charge in [0, 0.05) is 6.54 Å². The second-order valence-electron chi connectivity index (χ2n) is 5.73. The molecular formula is C19H23NO4S. The Morgan fingerprint density at radius 3 is 2.20 bits per heavy atom.